The van der Waals surface area contributed by atoms with E-state index in [1.807, 2.05) is 0 Å². The molecule has 5 nitrogen and oxygen atoms in total. The van der Waals surface area contributed by atoms with Gasteiger partial charge < -0.3 is 9.47 Å². The van der Waals surface area contributed by atoms with Crippen LogP contribution in [0.4, 0.5) is 0 Å². The first kappa shape index (κ1) is 11.4. The van der Waals surface area contributed by atoms with Crippen molar-refractivity contribution in [2.24, 2.45) is 11.3 Å². The van der Waals surface area contributed by atoms with Crippen LogP contribution in [0.15, 0.2) is 11.4 Å². The van der Waals surface area contributed by atoms with Crippen molar-refractivity contribution in [3.05, 3.63) is 16.3 Å². The molecule has 1 aliphatic rings. The third-order valence-corrected chi connectivity index (χ3v) is 3.34. The maximum atomic E-state index is 11.4. The number of nitrogen functional groups attached to an aromatic ring is 1. The molecule has 16 heavy (non-hydrogen) atoms. The molecule has 2 rings (SSSR count). The second-order valence-electron chi connectivity index (χ2n) is 4.18. The van der Waals surface area contributed by atoms with Crippen molar-refractivity contribution in [1.82, 2.24) is 5.43 Å². The Hall–Kier alpha value is -1.11. The van der Waals surface area contributed by atoms with Gasteiger partial charge in [0.2, 0.25) is 0 Å². The Bertz CT molecular complexity index is 387. The van der Waals surface area contributed by atoms with E-state index in [0.29, 0.717) is 30.4 Å². The first-order valence-electron chi connectivity index (χ1n) is 4.94. The molecule has 1 aliphatic heterocycles. The second kappa shape index (κ2) is 4.40. The molecular weight excluding hydrogens is 228 g/mol. The van der Waals surface area contributed by atoms with Crippen molar-refractivity contribution in [3.8, 4) is 5.75 Å². The zero-order valence-electron chi connectivity index (χ0n) is 8.99. The monoisotopic (exact) mass is 242 g/mol. The molecule has 2 heterocycles. The van der Waals surface area contributed by atoms with Gasteiger partial charge in [0.1, 0.15) is 10.6 Å². The van der Waals surface area contributed by atoms with Crippen LogP contribution in [-0.4, -0.2) is 25.7 Å². The zero-order valence-corrected chi connectivity index (χ0v) is 9.80. The van der Waals surface area contributed by atoms with E-state index in [2.05, 4.69) is 12.3 Å². The Kier molecular flexibility index (Phi) is 3.13. The first-order valence-corrected chi connectivity index (χ1v) is 5.82. The molecule has 88 valence electrons. The van der Waals surface area contributed by atoms with Gasteiger partial charge in [0.05, 0.1) is 19.8 Å². The van der Waals surface area contributed by atoms with Crippen molar-refractivity contribution in [2.75, 3.05) is 19.8 Å². The second-order valence-corrected chi connectivity index (χ2v) is 5.10. The molecule has 0 unspecified atom stereocenters. The van der Waals surface area contributed by atoms with Crippen LogP contribution in [0.5, 0.6) is 5.75 Å². The van der Waals surface area contributed by atoms with E-state index in [9.17, 15) is 4.79 Å². The van der Waals surface area contributed by atoms with Crippen LogP contribution in [-0.2, 0) is 4.74 Å². The van der Waals surface area contributed by atoms with Gasteiger partial charge in [-0.3, -0.25) is 10.2 Å². The maximum Gasteiger partial charge on any atom is 0.279 e. The molecule has 6 heteroatoms. The van der Waals surface area contributed by atoms with E-state index in [1.165, 1.54) is 11.3 Å². The summed E-state index contributed by atoms with van der Waals surface area (Å²) in [5.74, 6) is 5.35. The number of hydrogen-bond acceptors (Lipinski definition) is 5. The number of rotatable bonds is 4. The quantitative estimate of drug-likeness (QED) is 0.464. The highest BCUT2D eigenvalue weighted by molar-refractivity contribution is 7.12. The number of hydrazine groups is 1. The molecule has 1 aromatic heterocycles. The van der Waals surface area contributed by atoms with Gasteiger partial charge in [-0.2, -0.15) is 0 Å². The van der Waals surface area contributed by atoms with Crippen LogP contribution < -0.4 is 16.0 Å². The van der Waals surface area contributed by atoms with E-state index in [4.69, 9.17) is 15.3 Å². The molecular formula is C10H14N2O3S. The van der Waals surface area contributed by atoms with Gasteiger partial charge >= 0.3 is 0 Å². The van der Waals surface area contributed by atoms with Crippen LogP contribution in [0, 0.1) is 5.41 Å². The fourth-order valence-corrected chi connectivity index (χ4v) is 2.16. The lowest BCUT2D eigenvalue weighted by atomic mass is 9.90. The van der Waals surface area contributed by atoms with Crippen molar-refractivity contribution in [1.29, 1.82) is 0 Å². The lowest BCUT2D eigenvalue weighted by Crippen LogP contribution is -2.44. The van der Waals surface area contributed by atoms with Crippen LogP contribution in [0.25, 0.3) is 0 Å². The number of thiophene rings is 1. The average Bonchev–Trinajstić information content (AvgIpc) is 2.70. The summed E-state index contributed by atoms with van der Waals surface area (Å²) in [5, 5.41) is 1.81. The largest absolute Gasteiger partial charge is 0.491 e. The van der Waals surface area contributed by atoms with E-state index in [0.717, 1.165) is 0 Å². The Morgan fingerprint density at radius 3 is 3.06 bits per heavy atom. The summed E-state index contributed by atoms with van der Waals surface area (Å²) in [6, 6.07) is 1.78. The summed E-state index contributed by atoms with van der Waals surface area (Å²) in [4.78, 5) is 11.9. The number of hydrogen-bond donors (Lipinski definition) is 2. The summed E-state index contributed by atoms with van der Waals surface area (Å²) in [6.45, 7) is 4.05. The van der Waals surface area contributed by atoms with Crippen LogP contribution in [0.2, 0.25) is 0 Å². The lowest BCUT2D eigenvalue weighted by molar-refractivity contribution is -0.120. The summed E-state index contributed by atoms with van der Waals surface area (Å²) < 4.78 is 10.8. The van der Waals surface area contributed by atoms with E-state index < -0.39 is 0 Å². The van der Waals surface area contributed by atoms with Gasteiger partial charge in [0.25, 0.3) is 5.91 Å². The highest BCUT2D eigenvalue weighted by Gasteiger charge is 2.34. The Morgan fingerprint density at radius 2 is 2.50 bits per heavy atom. The van der Waals surface area contributed by atoms with Crippen molar-refractivity contribution >= 4 is 17.2 Å². The minimum Gasteiger partial charge on any atom is -0.491 e. The van der Waals surface area contributed by atoms with Gasteiger partial charge in [0.15, 0.2) is 0 Å². The number of nitrogens with two attached hydrogens (primary N) is 1. The third-order valence-electron chi connectivity index (χ3n) is 2.44. The Labute approximate surface area is 97.5 Å². The number of ether oxygens (including phenoxy) is 2. The fraction of sp³-hybridized carbons (Fsp3) is 0.500. The molecule has 0 aromatic carbocycles. The lowest BCUT2D eigenvalue weighted by Gasteiger charge is -2.37. The SMILES string of the molecule is CC1(COc2ccsc2C(=O)NN)COC1. The standard InChI is InChI=1S/C10H14N2O3S/c1-10(4-14-5-10)6-15-7-2-3-16-8(7)9(13)12-11/h2-3H,4-6,11H2,1H3,(H,12,13). The number of nitrogens with one attached hydrogen (secondary N) is 1. The smallest absolute Gasteiger partial charge is 0.279 e. The van der Waals surface area contributed by atoms with Crippen LogP contribution in [0.1, 0.15) is 16.6 Å². The van der Waals surface area contributed by atoms with Crippen molar-refractivity contribution in [3.63, 3.8) is 0 Å². The van der Waals surface area contributed by atoms with Gasteiger partial charge in [-0.25, -0.2) is 5.84 Å². The molecule has 1 saturated heterocycles. The topological polar surface area (TPSA) is 73.6 Å². The highest BCUT2D eigenvalue weighted by Crippen LogP contribution is 2.30. The highest BCUT2D eigenvalue weighted by atomic mass is 32.1. The Morgan fingerprint density at radius 1 is 1.75 bits per heavy atom. The predicted octanol–water partition coefficient (Wildman–Crippen LogP) is 0.767. The average molecular weight is 242 g/mol. The minimum atomic E-state index is -0.319. The van der Waals surface area contributed by atoms with Gasteiger partial charge in [-0.15, -0.1) is 11.3 Å². The fourth-order valence-electron chi connectivity index (χ4n) is 1.43. The molecule has 0 saturated carbocycles. The summed E-state index contributed by atoms with van der Waals surface area (Å²) >= 11 is 1.31. The molecule has 1 fully saturated rings. The molecule has 1 aromatic rings. The summed E-state index contributed by atoms with van der Waals surface area (Å²) in [6.07, 6.45) is 0. The van der Waals surface area contributed by atoms with Gasteiger partial charge in [-0.1, -0.05) is 6.92 Å². The van der Waals surface area contributed by atoms with Crippen LogP contribution >= 0.6 is 11.3 Å². The van der Waals surface area contributed by atoms with E-state index in [1.54, 1.807) is 11.4 Å². The molecule has 0 radical (unpaired) electrons. The van der Waals surface area contributed by atoms with Gasteiger partial charge in [0, 0.05) is 5.41 Å². The molecule has 0 atom stereocenters. The normalized spacial score (nSPS) is 17.6. The zero-order chi connectivity index (χ0) is 11.6. The maximum absolute atomic E-state index is 11.4. The van der Waals surface area contributed by atoms with E-state index >= 15 is 0 Å². The molecule has 3 N–H and O–H groups in total. The van der Waals surface area contributed by atoms with Crippen LogP contribution in [0.3, 0.4) is 0 Å². The van der Waals surface area contributed by atoms with Crippen molar-refractivity contribution < 1.29 is 14.3 Å². The molecule has 1 amide bonds. The third kappa shape index (κ3) is 2.18. The molecule has 0 bridgehead atoms. The van der Waals surface area contributed by atoms with E-state index in [-0.39, 0.29) is 11.3 Å². The molecule has 0 spiro atoms. The van der Waals surface area contributed by atoms with Crippen molar-refractivity contribution in [2.45, 2.75) is 6.92 Å². The first-order chi connectivity index (χ1) is 7.64. The number of amides is 1. The number of carbonyl (C=O) groups is 1. The summed E-state index contributed by atoms with van der Waals surface area (Å²) in [5.41, 5.74) is 2.17. The predicted molar refractivity (Wildman–Crippen MR) is 60.4 cm³/mol. The minimum absolute atomic E-state index is 0.0679. The number of carbonyl (C=O) groups excluding carboxylic acids is 1. The molecule has 0 aliphatic carbocycles. The summed E-state index contributed by atoms with van der Waals surface area (Å²) in [7, 11) is 0. The Balaban J connectivity index is 1.98. The van der Waals surface area contributed by atoms with Gasteiger partial charge in [-0.05, 0) is 11.4 Å².